The summed E-state index contributed by atoms with van der Waals surface area (Å²) in [6.45, 7) is 9.36. The van der Waals surface area contributed by atoms with Crippen molar-refractivity contribution < 1.29 is 9.32 Å². The van der Waals surface area contributed by atoms with Crippen molar-refractivity contribution in [3.63, 3.8) is 0 Å². The van der Waals surface area contributed by atoms with Gasteiger partial charge in [0.1, 0.15) is 12.3 Å². The summed E-state index contributed by atoms with van der Waals surface area (Å²) in [5.74, 6) is 0.797. The largest absolute Gasteiger partial charge is 0.463 e. The van der Waals surface area contributed by atoms with Gasteiger partial charge in [0.15, 0.2) is 0 Å². The van der Waals surface area contributed by atoms with Crippen molar-refractivity contribution in [3.05, 3.63) is 78.8 Å². The first-order valence-electron chi connectivity index (χ1n) is 8.84. The van der Waals surface area contributed by atoms with Crippen LogP contribution >= 0.6 is 0 Å². The zero-order valence-electron chi connectivity index (χ0n) is 14.4. The normalized spacial score (nSPS) is 16.2. The average molecular weight is 334 g/mol. The number of hydrazine groups is 1. The molecule has 0 amide bonds. The summed E-state index contributed by atoms with van der Waals surface area (Å²) in [5, 5.41) is 4.94. The quantitative estimate of drug-likeness (QED) is 0.751. The van der Waals surface area contributed by atoms with Crippen molar-refractivity contribution in [3.8, 4) is 0 Å². The molecule has 4 rings (SSSR count). The van der Waals surface area contributed by atoms with Gasteiger partial charge in [-0.2, -0.15) is 0 Å². The van der Waals surface area contributed by atoms with Crippen LogP contribution in [0.5, 0.6) is 0 Å². The molecule has 0 aliphatic carbocycles. The molecule has 2 heterocycles. The van der Waals surface area contributed by atoms with E-state index in [9.17, 15) is 0 Å². The summed E-state index contributed by atoms with van der Waals surface area (Å²) >= 11 is 0. The third-order valence-electron chi connectivity index (χ3n) is 4.90. The molecule has 128 valence electrons. The standard InChI is InChI=1S/C21H23N3O/c1-17(21-10-5-15-25-21)22-24-13-11-23(12-14-24)16-19-8-4-7-18-6-2-3-9-20(18)19/h2-10,15,22H,1,11-14,16H2/p+1. The molecular formula is C21H24N3O+. The second-order valence-corrected chi connectivity index (χ2v) is 6.62. The van der Waals surface area contributed by atoms with E-state index in [0.29, 0.717) is 0 Å². The van der Waals surface area contributed by atoms with Crippen molar-refractivity contribution in [1.82, 2.24) is 10.4 Å². The Balaban J connectivity index is 1.35. The van der Waals surface area contributed by atoms with Crippen LogP contribution in [0.2, 0.25) is 0 Å². The maximum atomic E-state index is 5.38. The highest BCUT2D eigenvalue weighted by Gasteiger charge is 2.21. The molecule has 0 atom stereocenters. The van der Waals surface area contributed by atoms with Gasteiger partial charge in [-0.1, -0.05) is 49.0 Å². The first-order chi connectivity index (χ1) is 12.3. The molecule has 4 nitrogen and oxygen atoms in total. The lowest BCUT2D eigenvalue weighted by Gasteiger charge is -2.33. The van der Waals surface area contributed by atoms with Crippen molar-refractivity contribution >= 4 is 16.5 Å². The molecular weight excluding hydrogens is 310 g/mol. The second-order valence-electron chi connectivity index (χ2n) is 6.62. The highest BCUT2D eigenvalue weighted by atomic mass is 16.3. The minimum absolute atomic E-state index is 0.797. The lowest BCUT2D eigenvalue weighted by molar-refractivity contribution is -0.918. The van der Waals surface area contributed by atoms with E-state index in [2.05, 4.69) is 59.5 Å². The van der Waals surface area contributed by atoms with Gasteiger partial charge in [-0.15, -0.1) is 0 Å². The molecule has 3 aromatic rings. The number of rotatable bonds is 5. The van der Waals surface area contributed by atoms with Gasteiger partial charge in [-0.25, -0.2) is 5.01 Å². The molecule has 1 aliphatic rings. The molecule has 0 bridgehead atoms. The van der Waals surface area contributed by atoms with Crippen molar-refractivity contribution in [2.75, 3.05) is 26.2 Å². The van der Waals surface area contributed by atoms with E-state index in [-0.39, 0.29) is 0 Å². The van der Waals surface area contributed by atoms with E-state index < -0.39 is 0 Å². The third-order valence-corrected chi connectivity index (χ3v) is 4.90. The van der Waals surface area contributed by atoms with Crippen LogP contribution in [-0.4, -0.2) is 31.2 Å². The van der Waals surface area contributed by atoms with E-state index in [4.69, 9.17) is 4.42 Å². The van der Waals surface area contributed by atoms with Gasteiger partial charge in [0, 0.05) is 5.56 Å². The first-order valence-corrected chi connectivity index (χ1v) is 8.84. The molecule has 0 spiro atoms. The van der Waals surface area contributed by atoms with E-state index >= 15 is 0 Å². The number of hydrogen-bond donors (Lipinski definition) is 2. The molecule has 2 aromatic carbocycles. The number of nitrogens with one attached hydrogen (secondary N) is 2. The number of quaternary nitrogens is 1. The molecule has 0 unspecified atom stereocenters. The monoisotopic (exact) mass is 334 g/mol. The van der Waals surface area contributed by atoms with E-state index in [0.717, 1.165) is 44.2 Å². The summed E-state index contributed by atoms with van der Waals surface area (Å²) in [6.07, 6.45) is 1.68. The molecule has 2 N–H and O–H groups in total. The summed E-state index contributed by atoms with van der Waals surface area (Å²) in [4.78, 5) is 1.62. The minimum Gasteiger partial charge on any atom is -0.463 e. The number of furan rings is 1. The van der Waals surface area contributed by atoms with Crippen LogP contribution in [0.3, 0.4) is 0 Å². The average Bonchev–Trinajstić information content (AvgIpc) is 3.19. The molecule has 0 radical (unpaired) electrons. The number of fused-ring (bicyclic) bond motifs is 1. The van der Waals surface area contributed by atoms with Crippen LogP contribution < -0.4 is 10.3 Å². The molecule has 0 saturated carbocycles. The van der Waals surface area contributed by atoms with Gasteiger partial charge in [0.05, 0.1) is 38.1 Å². The SMILES string of the molecule is C=C(NN1CC[NH+](Cc2cccc3ccccc23)CC1)c1ccco1. The Labute approximate surface area is 148 Å². The smallest absolute Gasteiger partial charge is 0.150 e. The van der Waals surface area contributed by atoms with E-state index in [1.807, 2.05) is 12.1 Å². The summed E-state index contributed by atoms with van der Waals surface area (Å²) in [7, 11) is 0. The zero-order chi connectivity index (χ0) is 17.1. The maximum Gasteiger partial charge on any atom is 0.150 e. The lowest BCUT2D eigenvalue weighted by Crippen LogP contribution is -3.13. The Kier molecular flexibility index (Phi) is 4.55. The van der Waals surface area contributed by atoms with E-state index in [1.165, 1.54) is 16.3 Å². The summed E-state index contributed by atoms with van der Waals surface area (Å²) < 4.78 is 5.38. The second kappa shape index (κ2) is 7.13. The highest BCUT2D eigenvalue weighted by molar-refractivity contribution is 5.85. The fourth-order valence-electron chi connectivity index (χ4n) is 3.52. The lowest BCUT2D eigenvalue weighted by atomic mass is 10.0. The minimum atomic E-state index is 0.797. The summed E-state index contributed by atoms with van der Waals surface area (Å²) in [5.41, 5.74) is 5.63. The Hall–Kier alpha value is -2.56. The predicted molar refractivity (Wildman–Crippen MR) is 101 cm³/mol. The van der Waals surface area contributed by atoms with Gasteiger partial charge in [0.25, 0.3) is 0 Å². The topological polar surface area (TPSA) is 32.9 Å². The van der Waals surface area contributed by atoms with Crippen LogP contribution in [0, 0.1) is 0 Å². The predicted octanol–water partition coefficient (Wildman–Crippen LogP) is 2.31. The number of benzene rings is 2. The first kappa shape index (κ1) is 15.9. The van der Waals surface area contributed by atoms with Crippen LogP contribution in [-0.2, 0) is 6.54 Å². The summed E-state index contributed by atoms with van der Waals surface area (Å²) in [6, 6.07) is 19.1. The maximum absolute atomic E-state index is 5.38. The Morgan fingerprint density at radius 3 is 2.64 bits per heavy atom. The molecule has 1 fully saturated rings. The van der Waals surface area contributed by atoms with Crippen LogP contribution in [0.1, 0.15) is 11.3 Å². The van der Waals surface area contributed by atoms with Gasteiger partial charge in [0.2, 0.25) is 0 Å². The highest BCUT2D eigenvalue weighted by Crippen LogP contribution is 2.17. The van der Waals surface area contributed by atoms with Crippen molar-refractivity contribution in [1.29, 1.82) is 0 Å². The van der Waals surface area contributed by atoms with E-state index in [1.54, 1.807) is 11.2 Å². The van der Waals surface area contributed by atoms with Crippen LogP contribution in [0.4, 0.5) is 0 Å². The molecule has 1 aliphatic heterocycles. The number of hydrogen-bond acceptors (Lipinski definition) is 3. The Bertz CT molecular complexity index is 843. The van der Waals surface area contributed by atoms with Crippen LogP contribution in [0.25, 0.3) is 16.5 Å². The zero-order valence-corrected chi connectivity index (χ0v) is 14.4. The molecule has 25 heavy (non-hydrogen) atoms. The van der Waals surface area contributed by atoms with Gasteiger partial charge in [-0.3, -0.25) is 0 Å². The molecule has 4 heteroatoms. The number of nitrogens with zero attached hydrogens (tertiary/aromatic N) is 1. The number of piperazine rings is 1. The Morgan fingerprint density at radius 2 is 1.84 bits per heavy atom. The molecule has 1 aromatic heterocycles. The van der Waals surface area contributed by atoms with Crippen molar-refractivity contribution in [2.24, 2.45) is 0 Å². The Morgan fingerprint density at radius 1 is 1.04 bits per heavy atom. The van der Waals surface area contributed by atoms with Gasteiger partial charge >= 0.3 is 0 Å². The molecule has 1 saturated heterocycles. The fourth-order valence-corrected chi connectivity index (χ4v) is 3.52. The third kappa shape index (κ3) is 3.60. The van der Waals surface area contributed by atoms with Gasteiger partial charge in [-0.05, 0) is 22.9 Å². The van der Waals surface area contributed by atoms with Crippen LogP contribution in [0.15, 0.2) is 71.9 Å². The fraction of sp³-hybridized carbons (Fsp3) is 0.238. The van der Waals surface area contributed by atoms with Crippen molar-refractivity contribution in [2.45, 2.75) is 6.54 Å². The van der Waals surface area contributed by atoms with Gasteiger partial charge < -0.3 is 14.7 Å².